The van der Waals surface area contributed by atoms with E-state index in [-0.39, 0.29) is 11.6 Å². The molecule has 0 radical (unpaired) electrons. The van der Waals surface area contributed by atoms with Crippen LogP contribution >= 0.6 is 0 Å². The van der Waals surface area contributed by atoms with Crippen molar-refractivity contribution in [3.05, 3.63) is 29.6 Å². The van der Waals surface area contributed by atoms with E-state index in [1.54, 1.807) is 12.3 Å². The van der Waals surface area contributed by atoms with Gasteiger partial charge in [0.2, 0.25) is 0 Å². The van der Waals surface area contributed by atoms with Crippen molar-refractivity contribution < 1.29 is 9.90 Å². The number of aromatic nitrogens is 1. The molecule has 4 heteroatoms. The van der Waals surface area contributed by atoms with Gasteiger partial charge in [-0.2, -0.15) is 0 Å². The van der Waals surface area contributed by atoms with Gasteiger partial charge in [0, 0.05) is 18.4 Å². The molecule has 1 aromatic heterocycles. The Morgan fingerprint density at radius 3 is 2.86 bits per heavy atom. The van der Waals surface area contributed by atoms with Gasteiger partial charge in [0.15, 0.2) is 0 Å². The maximum Gasteiger partial charge on any atom is 0.337 e. The van der Waals surface area contributed by atoms with Gasteiger partial charge in [-0.25, -0.2) is 4.79 Å². The molecule has 1 saturated carbocycles. The Morgan fingerprint density at radius 1 is 1.57 bits per heavy atom. The number of rotatable bonds is 3. The van der Waals surface area contributed by atoms with Crippen molar-refractivity contribution in [1.29, 1.82) is 0 Å². The lowest BCUT2D eigenvalue weighted by Crippen LogP contribution is -2.13. The third-order valence-corrected chi connectivity index (χ3v) is 2.52. The summed E-state index contributed by atoms with van der Waals surface area (Å²) in [6, 6.07) is 1.56. The van der Waals surface area contributed by atoms with E-state index in [9.17, 15) is 4.79 Å². The Kier molecular flexibility index (Phi) is 2.21. The van der Waals surface area contributed by atoms with E-state index in [1.807, 2.05) is 0 Å². The summed E-state index contributed by atoms with van der Waals surface area (Å²) in [7, 11) is 0. The van der Waals surface area contributed by atoms with Crippen molar-refractivity contribution in [2.45, 2.75) is 18.9 Å². The van der Waals surface area contributed by atoms with Gasteiger partial charge < -0.3 is 10.8 Å². The molecule has 1 unspecified atom stereocenters. The molecular weight excluding hydrogens is 180 g/mol. The van der Waals surface area contributed by atoms with Gasteiger partial charge in [-0.3, -0.25) is 4.98 Å². The topological polar surface area (TPSA) is 76.2 Å². The fourth-order valence-electron chi connectivity index (χ4n) is 1.48. The van der Waals surface area contributed by atoms with Gasteiger partial charge in [0.1, 0.15) is 0 Å². The average Bonchev–Trinajstić information content (AvgIpc) is 3.00. The Labute approximate surface area is 81.8 Å². The van der Waals surface area contributed by atoms with Crippen LogP contribution in [0.5, 0.6) is 0 Å². The van der Waals surface area contributed by atoms with Gasteiger partial charge in [-0.15, -0.1) is 0 Å². The van der Waals surface area contributed by atoms with Crippen molar-refractivity contribution in [2.24, 2.45) is 11.7 Å². The van der Waals surface area contributed by atoms with Gasteiger partial charge in [-0.1, -0.05) is 0 Å². The smallest absolute Gasteiger partial charge is 0.337 e. The van der Waals surface area contributed by atoms with E-state index in [0.717, 1.165) is 18.4 Å². The first-order chi connectivity index (χ1) is 6.68. The summed E-state index contributed by atoms with van der Waals surface area (Å²) in [6.07, 6.45) is 5.26. The van der Waals surface area contributed by atoms with Crippen molar-refractivity contribution in [3.8, 4) is 0 Å². The molecule has 1 aromatic rings. The van der Waals surface area contributed by atoms with Crippen molar-refractivity contribution in [2.75, 3.05) is 0 Å². The fourth-order valence-corrected chi connectivity index (χ4v) is 1.48. The van der Waals surface area contributed by atoms with Crippen LogP contribution in [0.25, 0.3) is 0 Å². The average molecular weight is 192 g/mol. The molecule has 1 aliphatic carbocycles. The molecule has 2 rings (SSSR count). The maximum absolute atomic E-state index is 10.7. The highest BCUT2D eigenvalue weighted by Crippen LogP contribution is 2.39. The minimum Gasteiger partial charge on any atom is -0.478 e. The van der Waals surface area contributed by atoms with Crippen LogP contribution in [0.4, 0.5) is 0 Å². The number of hydrogen-bond donors (Lipinski definition) is 2. The first-order valence-electron chi connectivity index (χ1n) is 4.62. The standard InChI is InChI=1S/C10H12N2O2/c11-9(6-1-2-6)7-3-8(10(13)14)5-12-4-7/h3-6,9H,1-2,11H2,(H,13,14). The van der Waals surface area contributed by atoms with Gasteiger partial charge >= 0.3 is 5.97 Å². The summed E-state index contributed by atoms with van der Waals surface area (Å²) in [4.78, 5) is 14.6. The fraction of sp³-hybridized carbons (Fsp3) is 0.400. The number of carboxylic acids is 1. The number of nitrogens with two attached hydrogens (primary N) is 1. The zero-order valence-electron chi connectivity index (χ0n) is 7.68. The number of nitrogens with zero attached hydrogens (tertiary/aromatic N) is 1. The molecule has 1 aliphatic rings. The Bertz CT molecular complexity index is 361. The van der Waals surface area contributed by atoms with Crippen LogP contribution in [-0.2, 0) is 0 Å². The quantitative estimate of drug-likeness (QED) is 0.754. The molecule has 3 N–H and O–H groups in total. The predicted molar refractivity (Wildman–Crippen MR) is 50.8 cm³/mol. The summed E-state index contributed by atoms with van der Waals surface area (Å²) >= 11 is 0. The lowest BCUT2D eigenvalue weighted by atomic mass is 10.0. The van der Waals surface area contributed by atoms with Crippen LogP contribution < -0.4 is 5.73 Å². The van der Waals surface area contributed by atoms with Crippen molar-refractivity contribution >= 4 is 5.97 Å². The van der Waals surface area contributed by atoms with Crippen LogP contribution in [-0.4, -0.2) is 16.1 Å². The molecule has 0 spiro atoms. The lowest BCUT2D eigenvalue weighted by Gasteiger charge is -2.09. The minimum absolute atomic E-state index is 0.0539. The van der Waals surface area contributed by atoms with E-state index >= 15 is 0 Å². The van der Waals surface area contributed by atoms with Crippen LogP contribution in [0, 0.1) is 5.92 Å². The van der Waals surface area contributed by atoms with E-state index in [2.05, 4.69) is 4.98 Å². The molecule has 14 heavy (non-hydrogen) atoms. The number of hydrogen-bond acceptors (Lipinski definition) is 3. The van der Waals surface area contributed by atoms with Gasteiger partial charge in [0.25, 0.3) is 0 Å². The van der Waals surface area contributed by atoms with Crippen molar-refractivity contribution in [3.63, 3.8) is 0 Å². The molecule has 1 atom stereocenters. The van der Waals surface area contributed by atoms with Crippen LogP contribution in [0.3, 0.4) is 0 Å². The summed E-state index contributed by atoms with van der Waals surface area (Å²) in [5.41, 5.74) is 6.97. The molecular formula is C10H12N2O2. The van der Waals surface area contributed by atoms with E-state index in [4.69, 9.17) is 10.8 Å². The van der Waals surface area contributed by atoms with E-state index < -0.39 is 5.97 Å². The number of pyridine rings is 1. The number of aromatic carboxylic acids is 1. The van der Waals surface area contributed by atoms with E-state index in [0.29, 0.717) is 5.92 Å². The first kappa shape index (κ1) is 9.15. The summed E-state index contributed by atoms with van der Waals surface area (Å²) in [6.45, 7) is 0. The molecule has 74 valence electrons. The Morgan fingerprint density at radius 2 is 2.29 bits per heavy atom. The van der Waals surface area contributed by atoms with E-state index in [1.165, 1.54) is 6.20 Å². The lowest BCUT2D eigenvalue weighted by molar-refractivity contribution is 0.0696. The first-order valence-corrected chi connectivity index (χ1v) is 4.62. The zero-order chi connectivity index (χ0) is 10.1. The Balaban J connectivity index is 2.24. The molecule has 1 fully saturated rings. The molecule has 0 aliphatic heterocycles. The molecule has 0 saturated heterocycles. The molecule has 0 bridgehead atoms. The van der Waals surface area contributed by atoms with Crippen molar-refractivity contribution in [1.82, 2.24) is 4.98 Å². The molecule has 0 amide bonds. The molecule has 4 nitrogen and oxygen atoms in total. The number of carboxylic acid groups (broad SMARTS) is 1. The molecule has 1 heterocycles. The second-order valence-electron chi connectivity index (χ2n) is 3.68. The summed E-state index contributed by atoms with van der Waals surface area (Å²) < 4.78 is 0. The molecule has 0 aromatic carbocycles. The van der Waals surface area contributed by atoms with Gasteiger partial charge in [-0.05, 0) is 30.4 Å². The minimum atomic E-state index is -0.956. The number of carbonyl (C=O) groups is 1. The highest BCUT2D eigenvalue weighted by Gasteiger charge is 2.29. The maximum atomic E-state index is 10.7. The van der Waals surface area contributed by atoms with Gasteiger partial charge in [0.05, 0.1) is 5.56 Å². The second kappa shape index (κ2) is 3.38. The third kappa shape index (κ3) is 1.75. The Hall–Kier alpha value is -1.42. The highest BCUT2D eigenvalue weighted by molar-refractivity contribution is 5.87. The highest BCUT2D eigenvalue weighted by atomic mass is 16.4. The predicted octanol–water partition coefficient (Wildman–Crippen LogP) is 1.19. The van der Waals surface area contributed by atoms with Crippen LogP contribution in [0.15, 0.2) is 18.5 Å². The summed E-state index contributed by atoms with van der Waals surface area (Å²) in [5, 5.41) is 8.76. The SMILES string of the molecule is NC(c1cncc(C(=O)O)c1)C1CC1. The normalized spacial score (nSPS) is 17.8. The van der Waals surface area contributed by atoms with Crippen LogP contribution in [0.1, 0.15) is 34.8 Å². The zero-order valence-corrected chi connectivity index (χ0v) is 7.68. The second-order valence-corrected chi connectivity index (χ2v) is 3.68. The monoisotopic (exact) mass is 192 g/mol. The largest absolute Gasteiger partial charge is 0.478 e. The summed E-state index contributed by atoms with van der Waals surface area (Å²) in [5.74, 6) is -0.441. The third-order valence-electron chi connectivity index (χ3n) is 2.52. The van der Waals surface area contributed by atoms with Crippen LogP contribution in [0.2, 0.25) is 0 Å².